The molecular weight excluding hydrogens is 331 g/mol. The number of carbonyl (C=O) groups is 1. The van der Waals surface area contributed by atoms with E-state index in [0.717, 1.165) is 0 Å². The Morgan fingerprint density at radius 2 is 2.10 bits per heavy atom. The van der Waals surface area contributed by atoms with Gasteiger partial charge < -0.3 is 15.7 Å². The predicted octanol–water partition coefficient (Wildman–Crippen LogP) is 2.42. The molecule has 3 N–H and O–H groups in total. The highest BCUT2D eigenvalue weighted by Gasteiger charge is 2.06. The van der Waals surface area contributed by atoms with Gasteiger partial charge in [-0.05, 0) is 18.2 Å². The van der Waals surface area contributed by atoms with Crippen LogP contribution in [0.4, 0.5) is 20.6 Å². The summed E-state index contributed by atoms with van der Waals surface area (Å²) < 4.78 is 15.2. The highest BCUT2D eigenvalue weighted by Crippen LogP contribution is 2.18. The number of benzene rings is 1. The van der Waals surface area contributed by atoms with Crippen molar-refractivity contribution in [3.63, 3.8) is 0 Å². The van der Waals surface area contributed by atoms with Crippen LogP contribution in [0.3, 0.4) is 0 Å². The second-order valence-corrected chi connectivity index (χ2v) is 4.87. The number of rotatable bonds is 4. The van der Waals surface area contributed by atoms with E-state index in [1.165, 1.54) is 23.0 Å². The normalized spacial score (nSPS) is 10.3. The van der Waals surface area contributed by atoms with E-state index in [4.69, 9.17) is 5.11 Å². The molecule has 0 aliphatic carbocycles. The van der Waals surface area contributed by atoms with Crippen LogP contribution in [0.15, 0.2) is 35.1 Å². The number of aliphatic hydroxyl groups excluding tert-OH is 1. The molecule has 20 heavy (non-hydrogen) atoms. The van der Waals surface area contributed by atoms with Crippen LogP contribution in [-0.4, -0.2) is 27.5 Å². The molecule has 0 bridgehead atoms. The summed E-state index contributed by atoms with van der Waals surface area (Å²) >= 11 is 3.14. The van der Waals surface area contributed by atoms with Crippen molar-refractivity contribution in [3.8, 4) is 0 Å². The fourth-order valence-electron chi connectivity index (χ4n) is 1.57. The quantitative estimate of drug-likeness (QED) is 0.798. The lowest BCUT2D eigenvalue weighted by atomic mass is 10.3. The maximum atomic E-state index is 13.2. The van der Waals surface area contributed by atoms with Crippen LogP contribution in [-0.2, 0) is 6.54 Å². The van der Waals surface area contributed by atoms with Gasteiger partial charge in [0.05, 0.1) is 25.0 Å². The van der Waals surface area contributed by atoms with Crippen molar-refractivity contribution in [2.75, 3.05) is 17.2 Å². The van der Waals surface area contributed by atoms with Crippen LogP contribution in [0.1, 0.15) is 0 Å². The second-order valence-electron chi connectivity index (χ2n) is 3.95. The van der Waals surface area contributed by atoms with E-state index >= 15 is 0 Å². The van der Waals surface area contributed by atoms with E-state index in [1.807, 2.05) is 0 Å². The summed E-state index contributed by atoms with van der Waals surface area (Å²) in [7, 11) is 0. The summed E-state index contributed by atoms with van der Waals surface area (Å²) in [5.74, 6) is -0.453. The van der Waals surface area contributed by atoms with E-state index in [0.29, 0.717) is 22.4 Å². The number of carbonyl (C=O) groups excluding carboxylic acids is 1. The first-order valence-corrected chi connectivity index (χ1v) is 6.53. The molecule has 6 nitrogen and oxygen atoms in total. The summed E-state index contributed by atoms with van der Waals surface area (Å²) in [6.07, 6.45) is 3.04. The SMILES string of the molecule is O=C(Nc1cc(F)cc(Br)c1)Nc1cnn(CCO)c1. The first-order valence-electron chi connectivity index (χ1n) is 5.74. The highest BCUT2D eigenvalue weighted by molar-refractivity contribution is 9.10. The van der Waals surface area contributed by atoms with Crippen LogP contribution in [0, 0.1) is 5.82 Å². The lowest BCUT2D eigenvalue weighted by Crippen LogP contribution is -2.19. The molecule has 0 aliphatic heterocycles. The number of anilines is 2. The number of nitrogens with one attached hydrogen (secondary N) is 2. The minimum Gasteiger partial charge on any atom is -0.394 e. The fourth-order valence-corrected chi connectivity index (χ4v) is 2.04. The molecule has 0 fully saturated rings. The van der Waals surface area contributed by atoms with Gasteiger partial charge in [0.15, 0.2) is 0 Å². The van der Waals surface area contributed by atoms with Gasteiger partial charge in [0.2, 0.25) is 0 Å². The standard InChI is InChI=1S/C12H12BrFN4O2/c13-8-3-9(14)5-10(4-8)16-12(20)17-11-6-15-18(7-11)1-2-19/h3-7,19H,1-2H2,(H2,16,17,20). The lowest BCUT2D eigenvalue weighted by molar-refractivity contribution is 0.262. The number of halogens is 2. The monoisotopic (exact) mass is 342 g/mol. The number of nitrogens with zero attached hydrogens (tertiary/aromatic N) is 2. The number of hydrogen-bond donors (Lipinski definition) is 3. The Hall–Kier alpha value is -1.93. The number of aliphatic hydroxyl groups is 1. The average Bonchev–Trinajstić information content (AvgIpc) is 2.75. The zero-order valence-electron chi connectivity index (χ0n) is 10.3. The molecule has 0 spiro atoms. The van der Waals surface area contributed by atoms with Gasteiger partial charge in [0.1, 0.15) is 5.82 Å². The Bertz CT molecular complexity index is 597. The highest BCUT2D eigenvalue weighted by atomic mass is 79.9. The summed E-state index contributed by atoms with van der Waals surface area (Å²) in [6, 6.07) is 3.57. The smallest absolute Gasteiger partial charge is 0.323 e. The van der Waals surface area contributed by atoms with Gasteiger partial charge in [0.25, 0.3) is 0 Å². The van der Waals surface area contributed by atoms with Gasteiger partial charge in [-0.3, -0.25) is 4.68 Å². The minimum absolute atomic E-state index is 0.0371. The molecule has 2 aromatic rings. The number of hydrogen-bond acceptors (Lipinski definition) is 3. The van der Waals surface area contributed by atoms with E-state index < -0.39 is 11.8 Å². The third-order valence-electron chi connectivity index (χ3n) is 2.34. The third kappa shape index (κ3) is 4.04. The molecule has 0 radical (unpaired) electrons. The van der Waals surface area contributed by atoms with E-state index in [-0.39, 0.29) is 6.61 Å². The Kier molecular flexibility index (Phi) is 4.70. The van der Waals surface area contributed by atoms with E-state index in [9.17, 15) is 9.18 Å². The summed E-state index contributed by atoms with van der Waals surface area (Å²) in [4.78, 5) is 11.7. The van der Waals surface area contributed by atoms with Gasteiger partial charge >= 0.3 is 6.03 Å². The summed E-state index contributed by atoms with van der Waals surface area (Å²) in [5, 5.41) is 17.8. The van der Waals surface area contributed by atoms with Crippen LogP contribution in [0.2, 0.25) is 0 Å². The Balaban J connectivity index is 1.97. The van der Waals surface area contributed by atoms with Gasteiger partial charge in [0, 0.05) is 16.4 Å². The zero-order chi connectivity index (χ0) is 14.5. The summed E-state index contributed by atoms with van der Waals surface area (Å²) in [5.41, 5.74) is 0.809. The van der Waals surface area contributed by atoms with Crippen molar-refractivity contribution in [1.29, 1.82) is 0 Å². The number of aromatic nitrogens is 2. The zero-order valence-corrected chi connectivity index (χ0v) is 11.9. The van der Waals surface area contributed by atoms with Crippen molar-refractivity contribution in [1.82, 2.24) is 9.78 Å². The van der Waals surface area contributed by atoms with Crippen LogP contribution >= 0.6 is 15.9 Å². The molecule has 106 valence electrons. The molecule has 0 saturated carbocycles. The molecule has 1 aromatic carbocycles. The first-order chi connectivity index (χ1) is 9.56. The predicted molar refractivity (Wildman–Crippen MR) is 76.1 cm³/mol. The minimum atomic E-state index is -0.508. The third-order valence-corrected chi connectivity index (χ3v) is 2.80. The Morgan fingerprint density at radius 3 is 2.80 bits per heavy atom. The number of urea groups is 1. The molecule has 0 saturated heterocycles. The average molecular weight is 343 g/mol. The molecule has 2 amide bonds. The largest absolute Gasteiger partial charge is 0.394 e. The van der Waals surface area contributed by atoms with Gasteiger partial charge in [-0.2, -0.15) is 5.10 Å². The molecule has 8 heteroatoms. The van der Waals surface area contributed by atoms with Crippen molar-refractivity contribution in [3.05, 3.63) is 40.9 Å². The van der Waals surface area contributed by atoms with Gasteiger partial charge in [-0.15, -0.1) is 0 Å². The molecule has 1 heterocycles. The maximum absolute atomic E-state index is 13.2. The molecule has 1 aromatic heterocycles. The van der Waals surface area contributed by atoms with Gasteiger partial charge in [-0.25, -0.2) is 9.18 Å². The van der Waals surface area contributed by atoms with Crippen molar-refractivity contribution >= 4 is 33.3 Å². The molecule has 0 unspecified atom stereocenters. The van der Waals surface area contributed by atoms with Gasteiger partial charge in [-0.1, -0.05) is 15.9 Å². The first kappa shape index (κ1) is 14.5. The van der Waals surface area contributed by atoms with E-state index in [1.54, 1.807) is 12.3 Å². The lowest BCUT2D eigenvalue weighted by Gasteiger charge is -2.06. The molecule has 0 atom stereocenters. The van der Waals surface area contributed by atoms with Crippen LogP contribution in [0.25, 0.3) is 0 Å². The van der Waals surface area contributed by atoms with Crippen molar-refractivity contribution in [2.24, 2.45) is 0 Å². The van der Waals surface area contributed by atoms with Crippen LogP contribution < -0.4 is 10.6 Å². The Morgan fingerprint density at radius 1 is 1.35 bits per heavy atom. The van der Waals surface area contributed by atoms with E-state index in [2.05, 4.69) is 31.7 Å². The topological polar surface area (TPSA) is 79.2 Å². The maximum Gasteiger partial charge on any atom is 0.323 e. The molecule has 0 aliphatic rings. The van der Waals surface area contributed by atoms with Crippen molar-refractivity contribution in [2.45, 2.75) is 6.54 Å². The Labute approximate surface area is 122 Å². The number of amides is 2. The fraction of sp³-hybridized carbons (Fsp3) is 0.167. The molecule has 2 rings (SSSR count). The summed E-state index contributed by atoms with van der Waals surface area (Å²) in [6.45, 7) is 0.310. The van der Waals surface area contributed by atoms with Crippen LogP contribution in [0.5, 0.6) is 0 Å². The van der Waals surface area contributed by atoms with Crippen molar-refractivity contribution < 1.29 is 14.3 Å². The second kappa shape index (κ2) is 6.49. The molecular formula is C12H12BrFN4O2.